The number of hydrogen-bond acceptors (Lipinski definition) is 3. The molecule has 0 fully saturated rings. The van der Waals surface area contributed by atoms with E-state index in [2.05, 4.69) is 30.6 Å². The minimum Gasteiger partial charge on any atom is -0.471 e. The van der Waals surface area contributed by atoms with Crippen molar-refractivity contribution in [1.82, 2.24) is 9.97 Å². The molecule has 1 heterocycles. The Morgan fingerprint density at radius 2 is 1.79 bits per heavy atom. The van der Waals surface area contributed by atoms with E-state index in [1.165, 1.54) is 0 Å². The zero-order valence-electron chi connectivity index (χ0n) is 9.93. The molecular weight excluding hydrogens is 339 g/mol. The van der Waals surface area contributed by atoms with E-state index in [1.807, 2.05) is 0 Å². The maximum absolute atomic E-state index is 12.7. The van der Waals surface area contributed by atoms with Crippen molar-refractivity contribution in [2.75, 3.05) is 6.61 Å². The summed E-state index contributed by atoms with van der Waals surface area (Å²) in [6, 6.07) is 1.12. The van der Waals surface area contributed by atoms with Gasteiger partial charge in [0.25, 0.3) is 0 Å². The van der Waals surface area contributed by atoms with E-state index in [-0.39, 0.29) is 22.2 Å². The van der Waals surface area contributed by atoms with Gasteiger partial charge in [-0.3, -0.25) is 0 Å². The van der Waals surface area contributed by atoms with Crippen molar-refractivity contribution in [2.45, 2.75) is 31.9 Å². The third-order valence-electron chi connectivity index (χ3n) is 2.02. The van der Waals surface area contributed by atoms with Crippen LogP contribution in [-0.4, -0.2) is 28.7 Å². The Labute approximate surface area is 114 Å². The minimum absolute atomic E-state index is 0.122. The molecule has 0 spiro atoms. The molecule has 0 unspecified atom stereocenters. The molecule has 108 valence electrons. The molecule has 1 aromatic heterocycles. The van der Waals surface area contributed by atoms with Crippen LogP contribution >= 0.6 is 15.9 Å². The molecule has 0 aromatic carbocycles. The lowest BCUT2D eigenvalue weighted by Gasteiger charge is -2.19. The molecule has 1 rings (SSSR count). The smallest absolute Gasteiger partial charge is 0.456 e. The zero-order valence-corrected chi connectivity index (χ0v) is 11.5. The number of halogens is 6. The Bertz CT molecular complexity index is 450. The van der Waals surface area contributed by atoms with Crippen LogP contribution in [0.4, 0.5) is 22.0 Å². The van der Waals surface area contributed by atoms with E-state index in [4.69, 9.17) is 0 Å². The fourth-order valence-electron chi connectivity index (χ4n) is 0.992. The van der Waals surface area contributed by atoms with Crippen molar-refractivity contribution in [3.8, 4) is 5.88 Å². The highest BCUT2D eigenvalue weighted by molar-refractivity contribution is 9.10. The van der Waals surface area contributed by atoms with Crippen molar-refractivity contribution in [2.24, 2.45) is 0 Å². The van der Waals surface area contributed by atoms with Crippen LogP contribution in [0.1, 0.15) is 25.6 Å². The Kier molecular flexibility index (Phi) is 4.70. The third-order valence-corrected chi connectivity index (χ3v) is 2.43. The van der Waals surface area contributed by atoms with Crippen LogP contribution in [0.2, 0.25) is 0 Å². The summed E-state index contributed by atoms with van der Waals surface area (Å²) in [5.74, 6) is -5.11. The topological polar surface area (TPSA) is 35.0 Å². The summed E-state index contributed by atoms with van der Waals surface area (Å²) in [5.41, 5.74) is 0. The van der Waals surface area contributed by atoms with E-state index in [0.29, 0.717) is 0 Å². The first kappa shape index (κ1) is 16.1. The van der Waals surface area contributed by atoms with Gasteiger partial charge in [-0.2, -0.15) is 26.9 Å². The Balaban J connectivity index is 2.84. The lowest BCUT2D eigenvalue weighted by atomic mass is 10.2. The second kappa shape index (κ2) is 5.56. The van der Waals surface area contributed by atoms with Crippen LogP contribution in [0, 0.1) is 0 Å². The first-order chi connectivity index (χ1) is 8.53. The highest BCUT2D eigenvalue weighted by Gasteiger charge is 2.58. The number of ether oxygens (including phenoxy) is 1. The summed E-state index contributed by atoms with van der Waals surface area (Å²) in [6.45, 7) is 1.67. The molecule has 19 heavy (non-hydrogen) atoms. The third kappa shape index (κ3) is 4.26. The van der Waals surface area contributed by atoms with Gasteiger partial charge in [-0.1, -0.05) is 13.8 Å². The summed E-state index contributed by atoms with van der Waals surface area (Å²) >= 11 is 3.00. The van der Waals surface area contributed by atoms with E-state index >= 15 is 0 Å². The highest BCUT2D eigenvalue weighted by atomic mass is 79.9. The lowest BCUT2D eigenvalue weighted by Crippen LogP contribution is -2.41. The van der Waals surface area contributed by atoms with Gasteiger partial charge in [-0.05, 0) is 15.9 Å². The first-order valence-electron chi connectivity index (χ1n) is 5.15. The van der Waals surface area contributed by atoms with Crippen LogP contribution in [0.15, 0.2) is 10.7 Å². The van der Waals surface area contributed by atoms with E-state index < -0.39 is 18.7 Å². The average molecular weight is 349 g/mol. The summed E-state index contributed by atoms with van der Waals surface area (Å²) in [5, 5.41) is 0. The zero-order chi connectivity index (χ0) is 14.8. The van der Waals surface area contributed by atoms with Gasteiger partial charge in [0.05, 0.1) is 0 Å². The molecule has 0 saturated heterocycles. The Hall–Kier alpha value is -0.990. The fourth-order valence-corrected chi connectivity index (χ4v) is 1.37. The molecule has 0 amide bonds. The number of nitrogens with zero attached hydrogens (tertiary/aromatic N) is 2. The van der Waals surface area contributed by atoms with Gasteiger partial charge in [0.2, 0.25) is 5.88 Å². The number of rotatable bonds is 4. The van der Waals surface area contributed by atoms with E-state index in [1.54, 1.807) is 13.8 Å². The van der Waals surface area contributed by atoms with Gasteiger partial charge in [0.15, 0.2) is 6.61 Å². The van der Waals surface area contributed by atoms with Crippen LogP contribution in [0.3, 0.4) is 0 Å². The molecular formula is C10H10BrF5N2O. The highest BCUT2D eigenvalue weighted by Crippen LogP contribution is 2.35. The minimum atomic E-state index is -5.65. The summed E-state index contributed by atoms with van der Waals surface area (Å²) in [4.78, 5) is 7.70. The maximum atomic E-state index is 12.7. The van der Waals surface area contributed by atoms with Gasteiger partial charge < -0.3 is 4.74 Å². The lowest BCUT2D eigenvalue weighted by molar-refractivity contribution is -0.290. The first-order valence-corrected chi connectivity index (χ1v) is 5.94. The van der Waals surface area contributed by atoms with Crippen LogP contribution in [0.5, 0.6) is 5.88 Å². The van der Waals surface area contributed by atoms with Crippen molar-refractivity contribution in [3.05, 3.63) is 16.5 Å². The van der Waals surface area contributed by atoms with E-state index in [9.17, 15) is 22.0 Å². The van der Waals surface area contributed by atoms with E-state index in [0.717, 1.165) is 6.07 Å². The molecule has 3 nitrogen and oxygen atoms in total. The maximum Gasteiger partial charge on any atom is 0.456 e. The standard InChI is InChI=1S/C10H10BrF5N2O/c1-5(2)8-17-6(11)3-7(18-8)19-4-9(12,13)10(14,15)16/h3,5H,4H2,1-2H3. The molecule has 0 radical (unpaired) electrons. The van der Waals surface area contributed by atoms with Crippen LogP contribution < -0.4 is 4.74 Å². The summed E-state index contributed by atoms with van der Waals surface area (Å²) in [7, 11) is 0. The van der Waals surface area contributed by atoms with Crippen molar-refractivity contribution < 1.29 is 26.7 Å². The van der Waals surface area contributed by atoms with Crippen molar-refractivity contribution >= 4 is 15.9 Å². The van der Waals surface area contributed by atoms with Crippen molar-refractivity contribution in [3.63, 3.8) is 0 Å². The normalized spacial score (nSPS) is 12.9. The monoisotopic (exact) mass is 348 g/mol. The molecule has 1 aromatic rings. The fraction of sp³-hybridized carbons (Fsp3) is 0.600. The quantitative estimate of drug-likeness (QED) is 0.610. The molecule has 0 aliphatic rings. The molecule has 0 aliphatic heterocycles. The summed E-state index contributed by atoms with van der Waals surface area (Å²) < 4.78 is 65.9. The predicted molar refractivity (Wildman–Crippen MR) is 60.3 cm³/mol. The van der Waals surface area contributed by atoms with Gasteiger partial charge >= 0.3 is 12.1 Å². The molecule has 0 bridgehead atoms. The predicted octanol–water partition coefficient (Wildman–Crippen LogP) is 3.94. The summed E-state index contributed by atoms with van der Waals surface area (Å²) in [6.07, 6.45) is -5.65. The number of aromatic nitrogens is 2. The number of hydrogen-bond donors (Lipinski definition) is 0. The second-order valence-electron chi connectivity index (χ2n) is 4.03. The number of alkyl halides is 5. The largest absolute Gasteiger partial charge is 0.471 e. The van der Waals surface area contributed by atoms with Gasteiger partial charge in [0.1, 0.15) is 10.4 Å². The second-order valence-corrected chi connectivity index (χ2v) is 4.85. The Morgan fingerprint density at radius 1 is 1.21 bits per heavy atom. The molecule has 9 heteroatoms. The van der Waals surface area contributed by atoms with Crippen LogP contribution in [-0.2, 0) is 0 Å². The van der Waals surface area contributed by atoms with Gasteiger partial charge in [0, 0.05) is 12.0 Å². The SMILES string of the molecule is CC(C)c1nc(Br)cc(OCC(F)(F)C(F)(F)F)n1. The molecule has 0 N–H and O–H groups in total. The average Bonchev–Trinajstić information content (AvgIpc) is 2.24. The molecule has 0 atom stereocenters. The van der Waals surface area contributed by atoms with Gasteiger partial charge in [-0.25, -0.2) is 4.98 Å². The Morgan fingerprint density at radius 3 is 2.26 bits per heavy atom. The van der Waals surface area contributed by atoms with Gasteiger partial charge in [-0.15, -0.1) is 0 Å². The molecule has 0 aliphatic carbocycles. The van der Waals surface area contributed by atoms with Crippen LogP contribution in [0.25, 0.3) is 0 Å². The van der Waals surface area contributed by atoms with Crippen molar-refractivity contribution in [1.29, 1.82) is 0 Å². The molecule has 0 saturated carbocycles.